The fourth-order valence-corrected chi connectivity index (χ4v) is 1.60. The number of halogens is 1. The molecule has 0 unspecified atom stereocenters. The second-order valence-electron chi connectivity index (χ2n) is 4.92. The molecule has 2 N–H and O–H groups in total. The molecule has 0 spiro atoms. The van der Waals surface area contributed by atoms with Gasteiger partial charge in [0.1, 0.15) is 5.82 Å². The Morgan fingerprint density at radius 3 is 2.58 bits per heavy atom. The number of hydrogen-bond donors (Lipinski definition) is 2. The summed E-state index contributed by atoms with van der Waals surface area (Å²) in [6.45, 7) is 3.22. The van der Waals surface area contributed by atoms with Crippen molar-refractivity contribution in [1.82, 2.24) is 5.32 Å². The molecule has 0 aliphatic carbocycles. The van der Waals surface area contributed by atoms with Crippen LogP contribution in [0.1, 0.15) is 20.3 Å². The van der Waals surface area contributed by atoms with E-state index in [9.17, 15) is 14.0 Å². The first-order chi connectivity index (χ1) is 8.71. The van der Waals surface area contributed by atoms with Crippen LogP contribution in [0.3, 0.4) is 0 Å². The molecule has 0 bridgehead atoms. The molecule has 104 valence electrons. The number of anilines is 1. The molecule has 0 radical (unpaired) electrons. The molecule has 0 fully saturated rings. The van der Waals surface area contributed by atoms with Gasteiger partial charge in [-0.2, -0.15) is 0 Å². The summed E-state index contributed by atoms with van der Waals surface area (Å²) in [5.74, 6) is -1.44. The number of benzene rings is 1. The van der Waals surface area contributed by atoms with E-state index >= 15 is 0 Å². The molecule has 0 heterocycles. The zero-order valence-electron chi connectivity index (χ0n) is 11.1. The van der Waals surface area contributed by atoms with Gasteiger partial charge in [-0.05, 0) is 32.0 Å². The fourth-order valence-electron chi connectivity index (χ4n) is 1.60. The smallest absolute Gasteiger partial charge is 0.322 e. The summed E-state index contributed by atoms with van der Waals surface area (Å²) in [6, 6.07) is 5.11. The van der Waals surface area contributed by atoms with E-state index in [0.717, 1.165) is 0 Å². The highest BCUT2D eigenvalue weighted by Gasteiger charge is 2.25. The summed E-state index contributed by atoms with van der Waals surface area (Å²) in [7, 11) is 1.49. The zero-order chi connectivity index (χ0) is 14.6. The summed E-state index contributed by atoms with van der Waals surface area (Å²) < 4.78 is 13.1. The molecule has 1 aromatic carbocycles. The van der Waals surface area contributed by atoms with E-state index in [2.05, 4.69) is 5.32 Å². The van der Waals surface area contributed by atoms with Crippen LogP contribution >= 0.6 is 0 Å². The van der Waals surface area contributed by atoms with Gasteiger partial charge in [0.25, 0.3) is 0 Å². The first kappa shape index (κ1) is 14.9. The van der Waals surface area contributed by atoms with Crippen molar-refractivity contribution in [1.29, 1.82) is 0 Å². The predicted octanol–water partition coefficient (Wildman–Crippen LogP) is 2.22. The lowest BCUT2D eigenvalue weighted by molar-refractivity contribution is -0.138. The van der Waals surface area contributed by atoms with Gasteiger partial charge in [-0.1, -0.05) is 6.07 Å². The number of urea groups is 1. The van der Waals surface area contributed by atoms with Crippen molar-refractivity contribution in [2.45, 2.75) is 25.8 Å². The molecule has 0 atom stereocenters. The Hall–Kier alpha value is -2.11. The molecule has 0 aliphatic heterocycles. The highest BCUT2D eigenvalue weighted by Crippen LogP contribution is 2.15. The van der Waals surface area contributed by atoms with Crippen LogP contribution < -0.4 is 10.2 Å². The van der Waals surface area contributed by atoms with Crippen LogP contribution in [-0.4, -0.2) is 29.7 Å². The van der Waals surface area contributed by atoms with E-state index in [0.29, 0.717) is 5.69 Å². The van der Waals surface area contributed by atoms with Crippen LogP contribution in [0.4, 0.5) is 14.9 Å². The van der Waals surface area contributed by atoms with Crippen molar-refractivity contribution in [2.24, 2.45) is 0 Å². The lowest BCUT2D eigenvalue weighted by Gasteiger charge is -2.28. The largest absolute Gasteiger partial charge is 0.481 e. The van der Waals surface area contributed by atoms with Gasteiger partial charge in [-0.25, -0.2) is 9.18 Å². The molecule has 2 amide bonds. The average Bonchev–Trinajstić information content (AvgIpc) is 2.25. The van der Waals surface area contributed by atoms with Gasteiger partial charge in [0, 0.05) is 18.3 Å². The fraction of sp³-hybridized carbons (Fsp3) is 0.385. The van der Waals surface area contributed by atoms with Crippen LogP contribution in [0.2, 0.25) is 0 Å². The van der Waals surface area contributed by atoms with Crippen LogP contribution in [-0.2, 0) is 4.79 Å². The zero-order valence-corrected chi connectivity index (χ0v) is 11.1. The highest BCUT2D eigenvalue weighted by molar-refractivity contribution is 5.92. The third-order valence-corrected chi connectivity index (χ3v) is 2.54. The standard InChI is InChI=1S/C13H17FN2O3/c1-13(2,8-11(17)18)15-12(19)16(3)10-6-4-5-9(14)7-10/h4-7H,8H2,1-3H3,(H,15,19)(H,17,18). The Morgan fingerprint density at radius 2 is 2.05 bits per heavy atom. The van der Waals surface area contributed by atoms with E-state index < -0.39 is 23.4 Å². The molecular formula is C13H17FN2O3. The van der Waals surface area contributed by atoms with Gasteiger partial charge in [-0.15, -0.1) is 0 Å². The molecule has 1 rings (SSSR count). The van der Waals surface area contributed by atoms with E-state index in [1.807, 2.05) is 0 Å². The molecule has 5 nitrogen and oxygen atoms in total. The normalized spacial score (nSPS) is 10.9. The van der Waals surface area contributed by atoms with Crippen molar-refractivity contribution < 1.29 is 19.1 Å². The first-order valence-corrected chi connectivity index (χ1v) is 5.74. The summed E-state index contributed by atoms with van der Waals surface area (Å²) in [5, 5.41) is 11.3. The molecule has 0 saturated heterocycles. The molecule has 0 saturated carbocycles. The number of carbonyl (C=O) groups excluding carboxylic acids is 1. The quantitative estimate of drug-likeness (QED) is 0.879. The van der Waals surface area contributed by atoms with E-state index in [1.165, 1.54) is 30.1 Å². The minimum Gasteiger partial charge on any atom is -0.481 e. The summed E-state index contributed by atoms with van der Waals surface area (Å²) in [4.78, 5) is 23.8. The Balaban J connectivity index is 2.75. The molecule has 6 heteroatoms. The van der Waals surface area contributed by atoms with Crippen molar-refractivity contribution in [3.05, 3.63) is 30.1 Å². The minimum absolute atomic E-state index is 0.199. The summed E-state index contributed by atoms with van der Waals surface area (Å²) >= 11 is 0. The number of aliphatic carboxylic acids is 1. The van der Waals surface area contributed by atoms with Gasteiger partial charge < -0.3 is 10.4 Å². The van der Waals surface area contributed by atoms with Gasteiger partial charge >= 0.3 is 12.0 Å². The lowest BCUT2D eigenvalue weighted by atomic mass is 10.0. The molecular weight excluding hydrogens is 251 g/mol. The number of carboxylic acid groups (broad SMARTS) is 1. The van der Waals surface area contributed by atoms with Crippen LogP contribution in [0, 0.1) is 5.82 Å². The third kappa shape index (κ3) is 4.57. The Morgan fingerprint density at radius 1 is 1.42 bits per heavy atom. The maximum atomic E-state index is 13.1. The van der Waals surface area contributed by atoms with E-state index in [1.54, 1.807) is 19.9 Å². The molecule has 0 aliphatic rings. The predicted molar refractivity (Wildman–Crippen MR) is 69.7 cm³/mol. The van der Waals surface area contributed by atoms with Gasteiger partial charge in [0.15, 0.2) is 0 Å². The SMILES string of the molecule is CN(C(=O)NC(C)(C)CC(=O)O)c1cccc(F)c1. The van der Waals surface area contributed by atoms with Crippen molar-refractivity contribution in [3.63, 3.8) is 0 Å². The number of carboxylic acids is 1. The maximum absolute atomic E-state index is 13.1. The average molecular weight is 268 g/mol. The highest BCUT2D eigenvalue weighted by atomic mass is 19.1. The topological polar surface area (TPSA) is 69.6 Å². The number of rotatable bonds is 4. The van der Waals surface area contributed by atoms with Crippen LogP contribution in [0.25, 0.3) is 0 Å². The Kier molecular flexibility index (Phi) is 4.47. The maximum Gasteiger partial charge on any atom is 0.322 e. The number of carbonyl (C=O) groups is 2. The second kappa shape index (κ2) is 5.69. The third-order valence-electron chi connectivity index (χ3n) is 2.54. The number of nitrogens with zero attached hydrogens (tertiary/aromatic N) is 1. The summed E-state index contributed by atoms with van der Waals surface area (Å²) in [5.41, 5.74) is -0.492. The van der Waals surface area contributed by atoms with E-state index in [4.69, 9.17) is 5.11 Å². The lowest BCUT2D eigenvalue weighted by Crippen LogP contribution is -2.50. The Bertz CT molecular complexity index is 489. The molecule has 1 aromatic rings. The first-order valence-electron chi connectivity index (χ1n) is 5.74. The van der Waals surface area contributed by atoms with Crippen molar-refractivity contribution in [2.75, 3.05) is 11.9 Å². The Labute approximate surface area is 111 Å². The van der Waals surface area contributed by atoms with E-state index in [-0.39, 0.29) is 6.42 Å². The second-order valence-corrected chi connectivity index (χ2v) is 4.92. The van der Waals surface area contributed by atoms with Crippen LogP contribution in [0.5, 0.6) is 0 Å². The summed E-state index contributed by atoms with van der Waals surface area (Å²) in [6.07, 6.45) is -0.199. The number of amides is 2. The minimum atomic E-state index is -1.00. The number of hydrogen-bond acceptors (Lipinski definition) is 2. The van der Waals surface area contributed by atoms with Crippen molar-refractivity contribution >= 4 is 17.7 Å². The van der Waals surface area contributed by atoms with Gasteiger partial charge in [-0.3, -0.25) is 9.69 Å². The molecule has 19 heavy (non-hydrogen) atoms. The number of nitrogens with one attached hydrogen (secondary N) is 1. The van der Waals surface area contributed by atoms with Crippen molar-refractivity contribution in [3.8, 4) is 0 Å². The van der Waals surface area contributed by atoms with Gasteiger partial charge in [0.05, 0.1) is 6.42 Å². The van der Waals surface area contributed by atoms with Crippen LogP contribution in [0.15, 0.2) is 24.3 Å². The molecule has 0 aromatic heterocycles. The van der Waals surface area contributed by atoms with Gasteiger partial charge in [0.2, 0.25) is 0 Å². The monoisotopic (exact) mass is 268 g/mol.